The zero-order valence-corrected chi connectivity index (χ0v) is 6.18. The van der Waals surface area contributed by atoms with Crippen LogP contribution in [-0.4, -0.2) is 13.2 Å². The lowest BCUT2D eigenvalue weighted by Crippen LogP contribution is -2.20. The lowest BCUT2D eigenvalue weighted by atomic mass is 10.4. The second-order valence-corrected chi connectivity index (χ2v) is 1.64. The van der Waals surface area contributed by atoms with Crippen LogP contribution in [0, 0.1) is 0 Å². The lowest BCUT2D eigenvalue weighted by Gasteiger charge is -2.00. The van der Waals surface area contributed by atoms with E-state index >= 15 is 0 Å². The summed E-state index contributed by atoms with van der Waals surface area (Å²) in [4.78, 5) is 10.5. The Morgan fingerprint density at radius 3 is 2.70 bits per heavy atom. The van der Waals surface area contributed by atoms with Gasteiger partial charge in [-0.2, -0.15) is 0 Å². The highest BCUT2D eigenvalue weighted by molar-refractivity contribution is 5.69. The Morgan fingerprint density at radius 2 is 2.30 bits per heavy atom. The van der Waals surface area contributed by atoms with Crippen LogP contribution in [0.5, 0.6) is 0 Å². The molecule has 1 amide bonds. The number of methoxy groups -OCH3 is 1. The summed E-state index contributed by atoms with van der Waals surface area (Å²) in [6, 6.07) is 0. The smallest absolute Gasteiger partial charge is 0.411 e. The fraction of sp³-hybridized carbons (Fsp3) is 0.286. The van der Waals surface area contributed by atoms with Crippen molar-refractivity contribution in [1.29, 1.82) is 0 Å². The van der Waals surface area contributed by atoms with E-state index in [0.29, 0.717) is 5.70 Å². The molecule has 0 spiro atoms. The van der Waals surface area contributed by atoms with Crippen LogP contribution in [0.4, 0.5) is 4.79 Å². The molecule has 0 radical (unpaired) electrons. The van der Waals surface area contributed by atoms with Crippen LogP contribution in [0.25, 0.3) is 0 Å². The molecule has 3 nitrogen and oxygen atoms in total. The molecule has 0 fully saturated rings. The minimum Gasteiger partial charge on any atom is -0.453 e. The second-order valence-electron chi connectivity index (χ2n) is 1.64. The molecule has 56 valence electrons. The molecule has 3 heteroatoms. The van der Waals surface area contributed by atoms with Gasteiger partial charge in [0.1, 0.15) is 0 Å². The van der Waals surface area contributed by atoms with Crippen molar-refractivity contribution >= 4 is 6.09 Å². The van der Waals surface area contributed by atoms with Crippen LogP contribution < -0.4 is 5.32 Å². The Bertz CT molecular complexity index is 161. The molecule has 1 N–H and O–H groups in total. The molecule has 0 heterocycles. The molecule has 0 bridgehead atoms. The fourth-order valence-electron chi connectivity index (χ4n) is 0.425. The van der Waals surface area contributed by atoms with E-state index in [-0.39, 0.29) is 0 Å². The van der Waals surface area contributed by atoms with Crippen LogP contribution in [0.2, 0.25) is 0 Å². The van der Waals surface area contributed by atoms with Gasteiger partial charge in [-0.05, 0) is 13.0 Å². The number of rotatable bonds is 2. The van der Waals surface area contributed by atoms with Crippen molar-refractivity contribution in [2.24, 2.45) is 0 Å². The molecule has 0 aliphatic heterocycles. The molecular formula is C7H11NO2. The first-order valence-electron chi connectivity index (χ1n) is 2.87. The van der Waals surface area contributed by atoms with Crippen molar-refractivity contribution in [2.45, 2.75) is 6.92 Å². The minimum absolute atomic E-state index is 0.497. The van der Waals surface area contributed by atoms with Gasteiger partial charge in [-0.3, -0.25) is 5.32 Å². The van der Waals surface area contributed by atoms with Crippen molar-refractivity contribution in [1.82, 2.24) is 5.32 Å². The van der Waals surface area contributed by atoms with E-state index in [9.17, 15) is 4.79 Å². The Kier molecular flexibility index (Phi) is 4.04. The maximum Gasteiger partial charge on any atom is 0.411 e. The molecule has 0 saturated carbocycles. The number of hydrogen-bond acceptors (Lipinski definition) is 2. The summed E-state index contributed by atoms with van der Waals surface area (Å²) in [6.45, 7) is 5.37. The molecule has 0 aromatic carbocycles. The molecule has 0 aromatic heterocycles. The van der Waals surface area contributed by atoms with Crippen molar-refractivity contribution in [2.75, 3.05) is 7.11 Å². The second kappa shape index (κ2) is 4.61. The highest BCUT2D eigenvalue weighted by Gasteiger charge is 1.95. The van der Waals surface area contributed by atoms with E-state index < -0.39 is 6.09 Å². The summed E-state index contributed by atoms with van der Waals surface area (Å²) < 4.78 is 4.32. The minimum atomic E-state index is -0.497. The highest BCUT2D eigenvalue weighted by Crippen LogP contribution is 1.86. The van der Waals surface area contributed by atoms with E-state index in [1.54, 1.807) is 12.2 Å². The van der Waals surface area contributed by atoms with Gasteiger partial charge >= 0.3 is 6.09 Å². The zero-order valence-electron chi connectivity index (χ0n) is 6.18. The highest BCUT2D eigenvalue weighted by atomic mass is 16.5. The summed E-state index contributed by atoms with van der Waals surface area (Å²) in [6.07, 6.45) is 2.96. The van der Waals surface area contributed by atoms with Gasteiger partial charge in [0.05, 0.1) is 7.11 Å². The predicted octanol–water partition coefficient (Wildman–Crippen LogP) is 1.43. The van der Waals surface area contributed by atoms with Crippen molar-refractivity contribution in [3.05, 3.63) is 24.4 Å². The Labute approximate surface area is 60.4 Å². The first-order valence-corrected chi connectivity index (χ1v) is 2.87. The quantitative estimate of drug-likeness (QED) is 0.591. The Morgan fingerprint density at radius 1 is 1.70 bits per heavy atom. The van der Waals surface area contributed by atoms with Crippen molar-refractivity contribution in [3.63, 3.8) is 0 Å². The largest absolute Gasteiger partial charge is 0.453 e. The standard InChI is InChI=1S/C7H11NO2/c1-4-5-6(2)8-7(9)10-3/h4-5H,2H2,1,3H3,(H,8,9)/b5-4-. The van der Waals surface area contributed by atoms with Crippen LogP contribution in [0.3, 0.4) is 0 Å². The average molecular weight is 141 g/mol. The van der Waals surface area contributed by atoms with Crippen molar-refractivity contribution < 1.29 is 9.53 Å². The number of amides is 1. The van der Waals surface area contributed by atoms with Crippen LogP contribution in [0.1, 0.15) is 6.92 Å². The molecule has 0 rings (SSSR count). The number of hydrogen-bond donors (Lipinski definition) is 1. The number of ether oxygens (including phenoxy) is 1. The van der Waals surface area contributed by atoms with Gasteiger partial charge in [0.2, 0.25) is 0 Å². The van der Waals surface area contributed by atoms with Crippen molar-refractivity contribution in [3.8, 4) is 0 Å². The van der Waals surface area contributed by atoms with E-state index in [2.05, 4.69) is 16.6 Å². The van der Waals surface area contributed by atoms with Gasteiger partial charge in [0.25, 0.3) is 0 Å². The molecule has 10 heavy (non-hydrogen) atoms. The van der Waals surface area contributed by atoms with Gasteiger partial charge in [-0.15, -0.1) is 0 Å². The third-order valence-corrected chi connectivity index (χ3v) is 0.816. The van der Waals surface area contributed by atoms with E-state index in [1.807, 2.05) is 6.92 Å². The number of allylic oxidation sites excluding steroid dienone is 2. The SMILES string of the molecule is C=C(/C=C\C)NC(=O)OC. The Balaban J connectivity index is 3.68. The first-order chi connectivity index (χ1) is 4.70. The summed E-state index contributed by atoms with van der Waals surface area (Å²) in [5.74, 6) is 0. The van der Waals surface area contributed by atoms with Gasteiger partial charge in [-0.25, -0.2) is 4.79 Å². The molecule has 0 unspecified atom stereocenters. The number of alkyl carbamates (subject to hydrolysis) is 1. The lowest BCUT2D eigenvalue weighted by molar-refractivity contribution is 0.174. The third-order valence-electron chi connectivity index (χ3n) is 0.816. The molecular weight excluding hydrogens is 130 g/mol. The molecule has 0 saturated heterocycles. The van der Waals surface area contributed by atoms with Crippen LogP contribution in [0.15, 0.2) is 24.4 Å². The Hall–Kier alpha value is -1.25. The van der Waals surface area contributed by atoms with Gasteiger partial charge in [-0.1, -0.05) is 12.7 Å². The number of carbonyl (C=O) groups is 1. The summed E-state index contributed by atoms with van der Waals surface area (Å²) in [7, 11) is 1.30. The maximum absolute atomic E-state index is 10.5. The van der Waals surface area contributed by atoms with Gasteiger partial charge in [0.15, 0.2) is 0 Å². The number of nitrogens with one attached hydrogen (secondary N) is 1. The van der Waals surface area contributed by atoms with Gasteiger partial charge in [0, 0.05) is 5.70 Å². The molecule has 0 aliphatic carbocycles. The third kappa shape index (κ3) is 3.72. The molecule has 0 aromatic rings. The normalized spacial score (nSPS) is 9.40. The van der Waals surface area contributed by atoms with E-state index in [4.69, 9.17) is 0 Å². The summed E-state index contributed by atoms with van der Waals surface area (Å²) in [5.41, 5.74) is 0.523. The van der Waals surface area contributed by atoms with E-state index in [1.165, 1.54) is 7.11 Å². The summed E-state index contributed by atoms with van der Waals surface area (Å²) in [5, 5.41) is 2.39. The van der Waals surface area contributed by atoms with E-state index in [0.717, 1.165) is 0 Å². The maximum atomic E-state index is 10.5. The van der Waals surface area contributed by atoms with Crippen LogP contribution >= 0.6 is 0 Å². The molecule has 0 atom stereocenters. The monoisotopic (exact) mass is 141 g/mol. The summed E-state index contributed by atoms with van der Waals surface area (Å²) >= 11 is 0. The van der Waals surface area contributed by atoms with Gasteiger partial charge < -0.3 is 4.74 Å². The predicted molar refractivity (Wildman–Crippen MR) is 39.5 cm³/mol. The first kappa shape index (κ1) is 8.75. The molecule has 0 aliphatic rings. The number of carbonyl (C=O) groups excluding carboxylic acids is 1. The topological polar surface area (TPSA) is 38.3 Å². The fourth-order valence-corrected chi connectivity index (χ4v) is 0.425. The van der Waals surface area contributed by atoms with Crippen LogP contribution in [-0.2, 0) is 4.74 Å². The zero-order chi connectivity index (χ0) is 7.98. The average Bonchev–Trinajstić information content (AvgIpc) is 1.88.